The fourth-order valence-corrected chi connectivity index (χ4v) is 3.46. The van der Waals surface area contributed by atoms with Gasteiger partial charge in [-0.25, -0.2) is 10.2 Å². The molecule has 0 aromatic heterocycles. The van der Waals surface area contributed by atoms with Gasteiger partial charge in [0.15, 0.2) is 18.1 Å². The lowest BCUT2D eigenvalue weighted by Gasteiger charge is -2.12. The van der Waals surface area contributed by atoms with Gasteiger partial charge in [0, 0.05) is 0 Å². The summed E-state index contributed by atoms with van der Waals surface area (Å²) in [5.41, 5.74) is 6.75. The summed E-state index contributed by atoms with van der Waals surface area (Å²) in [4.78, 5) is 24.5. The zero-order valence-corrected chi connectivity index (χ0v) is 20.9. The van der Waals surface area contributed by atoms with Gasteiger partial charge in [-0.15, -0.1) is 0 Å². The maximum Gasteiger partial charge on any atom is 0.343 e. The topological polar surface area (TPSA) is 86.2 Å². The van der Waals surface area contributed by atoms with E-state index >= 15 is 0 Å². The van der Waals surface area contributed by atoms with Crippen LogP contribution in [0.2, 0.25) is 0 Å². The minimum absolute atomic E-state index is 0.166. The smallest absolute Gasteiger partial charge is 0.343 e. The molecule has 0 radical (unpaired) electrons. The Morgan fingerprint density at radius 2 is 1.74 bits per heavy atom. The summed E-state index contributed by atoms with van der Waals surface area (Å²) in [5, 5.41) is 3.96. The summed E-state index contributed by atoms with van der Waals surface area (Å²) < 4.78 is 16.9. The number of methoxy groups -OCH3 is 1. The first-order valence-electron chi connectivity index (χ1n) is 10.4. The molecule has 8 heteroatoms. The summed E-state index contributed by atoms with van der Waals surface area (Å²) in [6.45, 7) is 5.76. The molecule has 1 N–H and O–H groups in total. The van der Waals surface area contributed by atoms with Crippen LogP contribution in [0.25, 0.3) is 0 Å². The summed E-state index contributed by atoms with van der Waals surface area (Å²) in [6, 6.07) is 16.0. The van der Waals surface area contributed by atoms with Crippen molar-refractivity contribution in [3.8, 4) is 17.2 Å². The van der Waals surface area contributed by atoms with Gasteiger partial charge in [-0.05, 0) is 89.8 Å². The molecule has 0 spiro atoms. The first-order chi connectivity index (χ1) is 16.3. The van der Waals surface area contributed by atoms with Crippen molar-refractivity contribution in [3.05, 3.63) is 86.9 Å². The van der Waals surface area contributed by atoms with E-state index in [4.69, 9.17) is 14.2 Å². The minimum Gasteiger partial charge on any atom is -0.493 e. The van der Waals surface area contributed by atoms with E-state index in [-0.39, 0.29) is 12.4 Å². The van der Waals surface area contributed by atoms with E-state index in [9.17, 15) is 9.59 Å². The number of ether oxygens (including phenoxy) is 3. The Labute approximate surface area is 206 Å². The molecule has 0 aliphatic carbocycles. The molecule has 1 amide bonds. The number of aryl methyl sites for hydroxylation is 3. The Hall–Kier alpha value is -3.65. The van der Waals surface area contributed by atoms with E-state index in [2.05, 4.69) is 26.5 Å². The van der Waals surface area contributed by atoms with E-state index in [0.717, 1.165) is 16.7 Å². The number of nitrogens with zero attached hydrogens (tertiary/aromatic N) is 1. The Morgan fingerprint density at radius 3 is 2.41 bits per heavy atom. The molecule has 0 unspecified atom stereocenters. The average Bonchev–Trinajstić information content (AvgIpc) is 2.81. The van der Waals surface area contributed by atoms with E-state index in [0.29, 0.717) is 27.1 Å². The number of nitrogens with one attached hydrogen (secondary N) is 1. The third kappa shape index (κ3) is 6.68. The highest BCUT2D eigenvalue weighted by Crippen LogP contribution is 2.36. The van der Waals surface area contributed by atoms with Crippen LogP contribution in [-0.2, 0) is 4.79 Å². The van der Waals surface area contributed by atoms with E-state index in [1.807, 2.05) is 51.1 Å². The molecular weight excluding hydrogens is 500 g/mol. The molecule has 3 aromatic carbocycles. The molecular formula is C26H25BrN2O5. The maximum absolute atomic E-state index is 12.5. The van der Waals surface area contributed by atoms with Crippen molar-refractivity contribution in [2.45, 2.75) is 20.8 Å². The Bertz CT molecular complexity index is 1220. The zero-order chi connectivity index (χ0) is 24.7. The second-order valence-electron chi connectivity index (χ2n) is 7.62. The monoisotopic (exact) mass is 524 g/mol. The van der Waals surface area contributed by atoms with Crippen molar-refractivity contribution in [1.82, 2.24) is 5.43 Å². The van der Waals surface area contributed by atoms with Crippen molar-refractivity contribution < 1.29 is 23.8 Å². The van der Waals surface area contributed by atoms with E-state index in [1.165, 1.54) is 13.3 Å². The molecule has 176 valence electrons. The quantitative estimate of drug-likeness (QED) is 0.191. The number of carbonyl (C=O) groups is 2. The van der Waals surface area contributed by atoms with Crippen LogP contribution in [-0.4, -0.2) is 31.8 Å². The predicted molar refractivity (Wildman–Crippen MR) is 134 cm³/mol. The molecule has 3 rings (SSSR count). The number of benzene rings is 3. The predicted octanol–water partition coefficient (Wildman–Crippen LogP) is 5.13. The summed E-state index contributed by atoms with van der Waals surface area (Å²) in [6.07, 6.45) is 1.45. The number of hydrogen-bond acceptors (Lipinski definition) is 6. The molecule has 0 atom stereocenters. The number of rotatable bonds is 8. The van der Waals surface area contributed by atoms with Crippen LogP contribution in [0.5, 0.6) is 17.2 Å². The van der Waals surface area contributed by atoms with Gasteiger partial charge in [-0.1, -0.05) is 23.8 Å². The van der Waals surface area contributed by atoms with Gasteiger partial charge < -0.3 is 14.2 Å². The van der Waals surface area contributed by atoms with Crippen LogP contribution < -0.4 is 19.6 Å². The second kappa shape index (κ2) is 11.5. The number of hydrogen-bond donors (Lipinski definition) is 1. The maximum atomic E-state index is 12.5. The number of carbonyl (C=O) groups excluding carboxylic acids is 2. The molecule has 3 aromatic rings. The second-order valence-corrected chi connectivity index (χ2v) is 8.47. The molecule has 0 bridgehead atoms. The van der Waals surface area contributed by atoms with Gasteiger partial charge in [-0.2, -0.15) is 5.10 Å². The van der Waals surface area contributed by atoms with Crippen molar-refractivity contribution >= 4 is 34.0 Å². The Balaban J connectivity index is 1.61. The lowest BCUT2D eigenvalue weighted by molar-refractivity contribution is -0.123. The summed E-state index contributed by atoms with van der Waals surface area (Å²) in [5.74, 6) is 0.295. The molecule has 0 fully saturated rings. The van der Waals surface area contributed by atoms with Gasteiger partial charge in [0.25, 0.3) is 5.91 Å². The first-order valence-corrected chi connectivity index (χ1v) is 11.2. The molecule has 0 aliphatic heterocycles. The third-order valence-electron chi connectivity index (χ3n) is 4.98. The van der Waals surface area contributed by atoms with Crippen molar-refractivity contribution in [3.63, 3.8) is 0 Å². The van der Waals surface area contributed by atoms with E-state index < -0.39 is 11.9 Å². The van der Waals surface area contributed by atoms with E-state index in [1.54, 1.807) is 24.3 Å². The fourth-order valence-electron chi connectivity index (χ4n) is 2.92. The van der Waals surface area contributed by atoms with Gasteiger partial charge in [-0.3, -0.25) is 4.79 Å². The molecule has 0 saturated heterocycles. The molecule has 7 nitrogen and oxygen atoms in total. The largest absolute Gasteiger partial charge is 0.493 e. The highest BCUT2D eigenvalue weighted by Gasteiger charge is 2.16. The number of amides is 1. The minimum atomic E-state index is -0.503. The number of hydrazone groups is 1. The van der Waals surface area contributed by atoms with Gasteiger partial charge in [0.1, 0.15) is 5.75 Å². The average molecular weight is 525 g/mol. The van der Waals surface area contributed by atoms with Crippen molar-refractivity contribution in [2.75, 3.05) is 13.7 Å². The highest BCUT2D eigenvalue weighted by atomic mass is 79.9. The number of halogens is 1. The lowest BCUT2D eigenvalue weighted by Crippen LogP contribution is -2.24. The molecule has 0 saturated carbocycles. The summed E-state index contributed by atoms with van der Waals surface area (Å²) >= 11 is 3.41. The number of esters is 1. The van der Waals surface area contributed by atoms with Crippen LogP contribution in [0, 0.1) is 20.8 Å². The normalized spacial score (nSPS) is 10.7. The SMILES string of the molecule is COc1cc(C=NNC(=O)COc2ccc(C)c(C)c2)cc(Br)c1OC(=O)c1ccc(C)cc1. The van der Waals surface area contributed by atoms with Crippen LogP contribution in [0.4, 0.5) is 0 Å². The Morgan fingerprint density at radius 1 is 1.00 bits per heavy atom. The molecule has 0 heterocycles. The summed E-state index contributed by atoms with van der Waals surface area (Å²) in [7, 11) is 1.47. The van der Waals surface area contributed by atoms with Gasteiger partial charge in [0.05, 0.1) is 23.4 Å². The van der Waals surface area contributed by atoms with Crippen molar-refractivity contribution in [2.24, 2.45) is 5.10 Å². The van der Waals surface area contributed by atoms with Crippen LogP contribution in [0.3, 0.4) is 0 Å². The Kier molecular flexibility index (Phi) is 8.43. The fraction of sp³-hybridized carbons (Fsp3) is 0.192. The van der Waals surface area contributed by atoms with Crippen LogP contribution in [0.15, 0.2) is 64.2 Å². The zero-order valence-electron chi connectivity index (χ0n) is 19.3. The van der Waals surface area contributed by atoms with Gasteiger partial charge in [0.2, 0.25) is 0 Å². The van der Waals surface area contributed by atoms with Crippen LogP contribution >= 0.6 is 15.9 Å². The highest BCUT2D eigenvalue weighted by molar-refractivity contribution is 9.10. The first kappa shape index (κ1) is 25.0. The third-order valence-corrected chi connectivity index (χ3v) is 5.57. The van der Waals surface area contributed by atoms with Crippen LogP contribution in [0.1, 0.15) is 32.6 Å². The van der Waals surface area contributed by atoms with Crippen molar-refractivity contribution in [1.29, 1.82) is 0 Å². The van der Waals surface area contributed by atoms with Gasteiger partial charge >= 0.3 is 5.97 Å². The lowest BCUT2D eigenvalue weighted by atomic mass is 10.1. The molecule has 34 heavy (non-hydrogen) atoms. The molecule has 0 aliphatic rings. The standard InChI is InChI=1S/C26H25BrN2O5/c1-16-5-8-20(9-6-16)26(31)34-25-22(27)12-19(13-23(25)32-4)14-28-29-24(30)15-33-21-10-7-17(2)18(3)11-21/h5-14H,15H2,1-4H3,(H,29,30).